The van der Waals surface area contributed by atoms with Gasteiger partial charge < -0.3 is 19.9 Å². The molecule has 1 fully saturated rings. The number of amides is 2. The number of carbonyl (C=O) groups is 1. The highest BCUT2D eigenvalue weighted by Gasteiger charge is 2.21. The first-order valence-electron chi connectivity index (χ1n) is 8.16. The summed E-state index contributed by atoms with van der Waals surface area (Å²) in [5, 5.41) is 3.01. The van der Waals surface area contributed by atoms with Crippen molar-refractivity contribution in [1.82, 2.24) is 10.2 Å². The number of piperazine rings is 1. The van der Waals surface area contributed by atoms with Crippen LogP contribution < -0.4 is 15.0 Å². The predicted octanol–water partition coefficient (Wildman–Crippen LogP) is 2.72. The van der Waals surface area contributed by atoms with Crippen molar-refractivity contribution in [2.24, 2.45) is 0 Å². The van der Waals surface area contributed by atoms with Crippen LogP contribution in [0, 0.1) is 0 Å². The maximum atomic E-state index is 12.1. The molecule has 5 nitrogen and oxygen atoms in total. The summed E-state index contributed by atoms with van der Waals surface area (Å²) in [5.41, 5.74) is 1.15. The fourth-order valence-corrected chi connectivity index (χ4v) is 2.66. The summed E-state index contributed by atoms with van der Waals surface area (Å²) in [7, 11) is 1.68. The van der Waals surface area contributed by atoms with Crippen molar-refractivity contribution in [3.05, 3.63) is 24.3 Å². The highest BCUT2D eigenvalue weighted by atomic mass is 16.5. The van der Waals surface area contributed by atoms with E-state index in [0.29, 0.717) is 0 Å². The molecule has 1 aliphatic heterocycles. The van der Waals surface area contributed by atoms with Crippen molar-refractivity contribution in [3.63, 3.8) is 0 Å². The molecular weight excluding hydrogens is 278 g/mol. The van der Waals surface area contributed by atoms with Crippen molar-refractivity contribution >= 4 is 11.7 Å². The second-order valence-corrected chi connectivity index (χ2v) is 5.61. The summed E-state index contributed by atoms with van der Waals surface area (Å²) >= 11 is 0. The molecule has 0 radical (unpaired) electrons. The number of nitrogens with zero attached hydrogens (tertiary/aromatic N) is 2. The van der Waals surface area contributed by atoms with Crippen LogP contribution in [0.1, 0.15) is 26.2 Å². The third kappa shape index (κ3) is 4.55. The number of anilines is 1. The number of benzene rings is 1. The highest BCUT2D eigenvalue weighted by Crippen LogP contribution is 2.22. The van der Waals surface area contributed by atoms with Gasteiger partial charge in [0.15, 0.2) is 0 Å². The molecule has 1 aromatic carbocycles. The molecule has 5 heteroatoms. The molecule has 1 saturated heterocycles. The number of unbranched alkanes of at least 4 members (excludes halogenated alkanes) is 2. The van der Waals surface area contributed by atoms with Gasteiger partial charge in [-0.2, -0.15) is 0 Å². The first-order chi connectivity index (χ1) is 10.7. The van der Waals surface area contributed by atoms with Crippen LogP contribution in [0.25, 0.3) is 0 Å². The smallest absolute Gasteiger partial charge is 0.317 e. The van der Waals surface area contributed by atoms with E-state index in [2.05, 4.69) is 23.2 Å². The molecular formula is C17H27N3O2. The lowest BCUT2D eigenvalue weighted by atomic mass is 10.2. The fourth-order valence-electron chi connectivity index (χ4n) is 2.66. The van der Waals surface area contributed by atoms with Gasteiger partial charge in [0.2, 0.25) is 0 Å². The molecule has 0 aromatic heterocycles. The summed E-state index contributed by atoms with van der Waals surface area (Å²) in [4.78, 5) is 16.3. The lowest BCUT2D eigenvalue weighted by molar-refractivity contribution is 0.194. The summed E-state index contributed by atoms with van der Waals surface area (Å²) < 4.78 is 5.27. The molecule has 2 rings (SSSR count). The van der Waals surface area contributed by atoms with Gasteiger partial charge in [-0.25, -0.2) is 4.79 Å². The standard InChI is InChI=1S/C17H27N3O2/c1-3-4-5-9-18-17(21)20-12-10-19(11-13-20)15-7-6-8-16(14-15)22-2/h6-8,14H,3-5,9-13H2,1-2H3,(H,18,21). The molecule has 0 saturated carbocycles. The lowest BCUT2D eigenvalue weighted by Gasteiger charge is -2.36. The largest absolute Gasteiger partial charge is 0.497 e. The van der Waals surface area contributed by atoms with Crippen molar-refractivity contribution in [2.75, 3.05) is 44.7 Å². The van der Waals surface area contributed by atoms with Gasteiger partial charge in [0.05, 0.1) is 7.11 Å². The van der Waals surface area contributed by atoms with Gasteiger partial charge in [-0.3, -0.25) is 0 Å². The molecule has 1 aromatic rings. The van der Waals surface area contributed by atoms with Crippen molar-refractivity contribution in [1.29, 1.82) is 0 Å². The molecule has 1 heterocycles. The normalized spacial score (nSPS) is 14.8. The van der Waals surface area contributed by atoms with Crippen LogP contribution in [0.4, 0.5) is 10.5 Å². The van der Waals surface area contributed by atoms with E-state index in [0.717, 1.165) is 50.6 Å². The van der Waals surface area contributed by atoms with Crippen LogP contribution in [-0.2, 0) is 0 Å². The first kappa shape index (κ1) is 16.5. The van der Waals surface area contributed by atoms with Gasteiger partial charge in [-0.05, 0) is 18.6 Å². The van der Waals surface area contributed by atoms with Crippen LogP contribution in [0.3, 0.4) is 0 Å². The lowest BCUT2D eigenvalue weighted by Crippen LogP contribution is -2.52. The van der Waals surface area contributed by atoms with Crippen LogP contribution in [0.2, 0.25) is 0 Å². The van der Waals surface area contributed by atoms with E-state index in [1.165, 1.54) is 12.8 Å². The third-order valence-corrected chi connectivity index (χ3v) is 4.04. The zero-order chi connectivity index (χ0) is 15.8. The molecule has 0 aliphatic carbocycles. The Morgan fingerprint density at radius 3 is 2.68 bits per heavy atom. The number of hydrogen-bond acceptors (Lipinski definition) is 3. The maximum Gasteiger partial charge on any atom is 0.317 e. The third-order valence-electron chi connectivity index (χ3n) is 4.04. The predicted molar refractivity (Wildman–Crippen MR) is 89.7 cm³/mol. The van der Waals surface area contributed by atoms with Crippen LogP contribution in [0.5, 0.6) is 5.75 Å². The highest BCUT2D eigenvalue weighted by molar-refractivity contribution is 5.74. The van der Waals surface area contributed by atoms with E-state index >= 15 is 0 Å². The minimum atomic E-state index is 0.0707. The van der Waals surface area contributed by atoms with E-state index in [9.17, 15) is 4.79 Å². The molecule has 0 spiro atoms. The Morgan fingerprint density at radius 2 is 2.00 bits per heavy atom. The minimum absolute atomic E-state index is 0.0707. The Hall–Kier alpha value is -1.91. The number of nitrogens with one attached hydrogen (secondary N) is 1. The van der Waals surface area contributed by atoms with E-state index in [1.54, 1.807) is 7.11 Å². The average Bonchev–Trinajstić information content (AvgIpc) is 2.59. The molecule has 1 aliphatic rings. The van der Waals surface area contributed by atoms with E-state index in [4.69, 9.17) is 4.74 Å². The quantitative estimate of drug-likeness (QED) is 0.822. The molecule has 1 N–H and O–H groups in total. The van der Waals surface area contributed by atoms with Gasteiger partial charge in [0.25, 0.3) is 0 Å². The summed E-state index contributed by atoms with van der Waals surface area (Å²) in [6, 6.07) is 8.15. The molecule has 0 unspecified atom stereocenters. The Balaban J connectivity index is 1.78. The van der Waals surface area contributed by atoms with Crippen molar-refractivity contribution in [2.45, 2.75) is 26.2 Å². The van der Waals surface area contributed by atoms with Crippen molar-refractivity contribution in [3.8, 4) is 5.75 Å². The Morgan fingerprint density at radius 1 is 1.23 bits per heavy atom. The Labute approximate surface area is 133 Å². The molecule has 122 valence electrons. The molecule has 2 amide bonds. The monoisotopic (exact) mass is 305 g/mol. The molecule has 0 bridgehead atoms. The van der Waals surface area contributed by atoms with E-state index in [1.807, 2.05) is 23.1 Å². The maximum absolute atomic E-state index is 12.1. The SMILES string of the molecule is CCCCCNC(=O)N1CCN(c2cccc(OC)c2)CC1. The average molecular weight is 305 g/mol. The first-order valence-corrected chi connectivity index (χ1v) is 8.16. The Bertz CT molecular complexity index is 471. The van der Waals surface area contributed by atoms with Crippen LogP contribution >= 0.6 is 0 Å². The zero-order valence-corrected chi connectivity index (χ0v) is 13.7. The number of rotatable bonds is 6. The second-order valence-electron chi connectivity index (χ2n) is 5.61. The summed E-state index contributed by atoms with van der Waals surface area (Å²) in [6.07, 6.45) is 3.41. The van der Waals surface area contributed by atoms with Gasteiger partial charge in [-0.1, -0.05) is 25.8 Å². The fraction of sp³-hybridized carbons (Fsp3) is 0.588. The number of hydrogen-bond donors (Lipinski definition) is 1. The van der Waals surface area contributed by atoms with Crippen LogP contribution in [0.15, 0.2) is 24.3 Å². The molecule has 0 atom stereocenters. The summed E-state index contributed by atoms with van der Waals surface area (Å²) in [5.74, 6) is 0.869. The van der Waals surface area contributed by atoms with Gasteiger partial charge in [-0.15, -0.1) is 0 Å². The van der Waals surface area contributed by atoms with Gasteiger partial charge in [0, 0.05) is 44.5 Å². The topological polar surface area (TPSA) is 44.8 Å². The van der Waals surface area contributed by atoms with Gasteiger partial charge in [0.1, 0.15) is 5.75 Å². The zero-order valence-electron chi connectivity index (χ0n) is 13.7. The second kappa shape index (κ2) is 8.51. The van der Waals surface area contributed by atoms with Crippen molar-refractivity contribution < 1.29 is 9.53 Å². The van der Waals surface area contributed by atoms with Gasteiger partial charge >= 0.3 is 6.03 Å². The number of methoxy groups -OCH3 is 1. The summed E-state index contributed by atoms with van der Waals surface area (Å²) in [6.45, 7) is 6.18. The van der Waals surface area contributed by atoms with E-state index < -0.39 is 0 Å². The Kier molecular flexibility index (Phi) is 6.37. The van der Waals surface area contributed by atoms with Crippen LogP contribution in [-0.4, -0.2) is 50.8 Å². The number of carbonyl (C=O) groups excluding carboxylic acids is 1. The number of ether oxygens (including phenoxy) is 1. The number of urea groups is 1. The van der Waals surface area contributed by atoms with E-state index in [-0.39, 0.29) is 6.03 Å². The molecule has 22 heavy (non-hydrogen) atoms. The minimum Gasteiger partial charge on any atom is -0.497 e.